The van der Waals surface area contributed by atoms with Gasteiger partial charge in [0.1, 0.15) is 5.75 Å². The van der Waals surface area contributed by atoms with E-state index in [1.165, 1.54) is 4.31 Å². The number of hydrogen-bond donors (Lipinski definition) is 1. The minimum absolute atomic E-state index is 0.147. The monoisotopic (exact) mass is 459 g/mol. The Morgan fingerprint density at radius 3 is 2.31 bits per heavy atom. The highest BCUT2D eigenvalue weighted by Crippen LogP contribution is 2.29. The second-order valence-corrected chi connectivity index (χ2v) is 10.0. The summed E-state index contributed by atoms with van der Waals surface area (Å²) in [5.74, 6) is 0.658. The molecular weight excluding hydrogens is 426 g/mol. The van der Waals surface area contributed by atoms with Crippen LogP contribution in [0, 0.1) is 6.92 Å². The molecule has 0 saturated heterocycles. The zero-order chi connectivity index (χ0) is 23.3. The van der Waals surface area contributed by atoms with E-state index in [4.69, 9.17) is 4.74 Å². The van der Waals surface area contributed by atoms with Crippen LogP contribution in [0.3, 0.4) is 0 Å². The van der Waals surface area contributed by atoms with Crippen molar-refractivity contribution in [1.82, 2.24) is 9.21 Å². The van der Waals surface area contributed by atoms with Crippen molar-refractivity contribution in [2.75, 3.05) is 32.1 Å². The average molecular weight is 460 g/mol. The van der Waals surface area contributed by atoms with Crippen molar-refractivity contribution >= 4 is 21.6 Å². The molecule has 1 aliphatic carbocycles. The quantitative estimate of drug-likeness (QED) is 0.555. The lowest BCUT2D eigenvalue weighted by atomic mass is 10.2. The van der Waals surface area contributed by atoms with E-state index in [0.29, 0.717) is 31.4 Å². The minimum Gasteiger partial charge on any atom is -0.497 e. The van der Waals surface area contributed by atoms with Crippen LogP contribution in [0.5, 0.6) is 5.75 Å². The number of amides is 1. The van der Waals surface area contributed by atoms with Crippen LogP contribution in [-0.4, -0.2) is 56.3 Å². The number of carbonyl (C=O) groups excluding carboxylic acids is 1. The molecule has 1 fully saturated rings. The third kappa shape index (κ3) is 5.88. The minimum atomic E-state index is -3.59. The summed E-state index contributed by atoms with van der Waals surface area (Å²) in [7, 11) is -1.95. The van der Waals surface area contributed by atoms with Crippen molar-refractivity contribution in [3.8, 4) is 5.75 Å². The van der Waals surface area contributed by atoms with Crippen molar-refractivity contribution in [3.05, 3.63) is 53.6 Å². The molecule has 0 heterocycles. The zero-order valence-corrected chi connectivity index (χ0v) is 20.1. The van der Waals surface area contributed by atoms with Gasteiger partial charge in [-0.15, -0.1) is 0 Å². The molecule has 0 atom stereocenters. The van der Waals surface area contributed by atoms with Gasteiger partial charge >= 0.3 is 0 Å². The van der Waals surface area contributed by atoms with E-state index in [1.807, 2.05) is 45.0 Å². The summed E-state index contributed by atoms with van der Waals surface area (Å²) in [6, 6.07) is 13.2. The summed E-state index contributed by atoms with van der Waals surface area (Å²) in [6.07, 6.45) is 2.17. The molecule has 1 amide bonds. The summed E-state index contributed by atoms with van der Waals surface area (Å²) in [5, 5.41) is 2.93. The number of sulfonamides is 1. The summed E-state index contributed by atoms with van der Waals surface area (Å²) >= 11 is 0. The van der Waals surface area contributed by atoms with Crippen molar-refractivity contribution in [2.45, 2.75) is 51.1 Å². The molecule has 8 heteroatoms. The van der Waals surface area contributed by atoms with Crippen molar-refractivity contribution in [1.29, 1.82) is 0 Å². The number of benzene rings is 2. The Hall–Kier alpha value is -2.42. The highest BCUT2D eigenvalue weighted by Gasteiger charge is 2.30. The Bertz CT molecular complexity index is 1030. The number of nitrogens with zero attached hydrogens (tertiary/aromatic N) is 2. The van der Waals surface area contributed by atoms with E-state index in [2.05, 4.69) is 10.2 Å². The number of nitrogens with one attached hydrogen (secondary N) is 1. The molecule has 32 heavy (non-hydrogen) atoms. The molecule has 0 bridgehead atoms. The van der Waals surface area contributed by atoms with Gasteiger partial charge in [0, 0.05) is 31.4 Å². The first kappa shape index (κ1) is 24.2. The number of carbonyl (C=O) groups is 1. The van der Waals surface area contributed by atoms with Crippen LogP contribution in [0.2, 0.25) is 0 Å². The highest BCUT2D eigenvalue weighted by molar-refractivity contribution is 7.89. The van der Waals surface area contributed by atoms with Crippen LogP contribution in [0.1, 0.15) is 37.8 Å². The Kier molecular flexibility index (Phi) is 7.92. The normalized spacial score (nSPS) is 14.1. The molecule has 1 aliphatic rings. The molecule has 1 N–H and O–H groups in total. The Morgan fingerprint density at radius 1 is 1.09 bits per heavy atom. The SMILES string of the molecule is CCN(CC)S(=O)(=O)c1ccc(C)c(NC(=O)CN(Cc2ccc(OC)cc2)C2CC2)c1. The van der Waals surface area contributed by atoms with Gasteiger partial charge in [0.2, 0.25) is 15.9 Å². The van der Waals surface area contributed by atoms with Gasteiger partial charge in [0.25, 0.3) is 0 Å². The van der Waals surface area contributed by atoms with Crippen LogP contribution < -0.4 is 10.1 Å². The maximum atomic E-state index is 12.9. The number of hydrogen-bond acceptors (Lipinski definition) is 5. The number of ether oxygens (including phenoxy) is 1. The number of aryl methyl sites for hydroxylation is 1. The summed E-state index contributed by atoms with van der Waals surface area (Å²) in [5.41, 5.74) is 2.47. The standard InChI is InChI=1S/C24H33N3O4S/c1-5-27(6-2)32(29,30)22-14-7-18(3)23(15-22)25-24(28)17-26(20-10-11-20)16-19-8-12-21(31-4)13-9-19/h7-9,12-15,20H,5-6,10-11,16-17H2,1-4H3,(H,25,28). The highest BCUT2D eigenvalue weighted by atomic mass is 32.2. The predicted molar refractivity (Wildman–Crippen MR) is 126 cm³/mol. The van der Waals surface area contributed by atoms with Gasteiger partial charge in [0.15, 0.2) is 0 Å². The van der Waals surface area contributed by atoms with Crippen molar-refractivity contribution in [3.63, 3.8) is 0 Å². The summed E-state index contributed by atoms with van der Waals surface area (Å²) in [4.78, 5) is 15.2. The second kappa shape index (κ2) is 10.5. The van der Waals surface area contributed by atoms with Gasteiger partial charge in [-0.25, -0.2) is 8.42 Å². The molecule has 1 saturated carbocycles. The van der Waals surface area contributed by atoms with Gasteiger partial charge in [-0.1, -0.05) is 32.0 Å². The van der Waals surface area contributed by atoms with E-state index in [1.54, 1.807) is 25.3 Å². The molecule has 0 aliphatic heterocycles. The molecule has 7 nitrogen and oxygen atoms in total. The van der Waals surface area contributed by atoms with Gasteiger partial charge in [-0.3, -0.25) is 9.69 Å². The van der Waals surface area contributed by atoms with Gasteiger partial charge in [-0.05, 0) is 55.2 Å². The molecule has 3 rings (SSSR count). The van der Waals surface area contributed by atoms with Crippen LogP contribution in [0.4, 0.5) is 5.69 Å². The van der Waals surface area contributed by atoms with E-state index >= 15 is 0 Å². The fourth-order valence-corrected chi connectivity index (χ4v) is 5.19. The molecule has 2 aromatic carbocycles. The van der Waals surface area contributed by atoms with Crippen LogP contribution in [-0.2, 0) is 21.4 Å². The third-order valence-electron chi connectivity index (χ3n) is 5.78. The lowest BCUT2D eigenvalue weighted by Crippen LogP contribution is -2.34. The molecule has 0 spiro atoms. The Balaban J connectivity index is 1.71. The zero-order valence-electron chi connectivity index (χ0n) is 19.3. The second-order valence-electron chi connectivity index (χ2n) is 8.10. The van der Waals surface area contributed by atoms with Gasteiger partial charge < -0.3 is 10.1 Å². The summed E-state index contributed by atoms with van der Waals surface area (Å²) in [6.45, 7) is 7.21. The largest absolute Gasteiger partial charge is 0.497 e. The predicted octanol–water partition coefficient (Wildman–Crippen LogP) is 3.64. The molecule has 0 radical (unpaired) electrons. The Morgan fingerprint density at radius 2 is 1.75 bits per heavy atom. The van der Waals surface area contributed by atoms with Gasteiger partial charge in [-0.2, -0.15) is 4.31 Å². The number of anilines is 1. The molecular formula is C24H33N3O4S. The molecule has 0 aromatic heterocycles. The van der Waals surface area contributed by atoms with E-state index in [-0.39, 0.29) is 17.3 Å². The lowest BCUT2D eigenvalue weighted by Gasteiger charge is -2.22. The summed E-state index contributed by atoms with van der Waals surface area (Å²) < 4.78 is 32.4. The molecule has 2 aromatic rings. The number of methoxy groups -OCH3 is 1. The maximum absolute atomic E-state index is 12.9. The average Bonchev–Trinajstić information content (AvgIpc) is 3.61. The fraction of sp³-hybridized carbons (Fsp3) is 0.458. The van der Waals surface area contributed by atoms with E-state index in [0.717, 1.165) is 29.7 Å². The van der Waals surface area contributed by atoms with E-state index < -0.39 is 10.0 Å². The van der Waals surface area contributed by atoms with Crippen LogP contribution in [0.25, 0.3) is 0 Å². The maximum Gasteiger partial charge on any atom is 0.243 e. The fourth-order valence-electron chi connectivity index (χ4n) is 3.70. The Labute approximate surface area is 191 Å². The van der Waals surface area contributed by atoms with Crippen LogP contribution >= 0.6 is 0 Å². The van der Waals surface area contributed by atoms with Gasteiger partial charge in [0.05, 0.1) is 18.6 Å². The molecule has 0 unspecified atom stereocenters. The number of rotatable bonds is 11. The van der Waals surface area contributed by atoms with E-state index in [9.17, 15) is 13.2 Å². The first-order valence-electron chi connectivity index (χ1n) is 11.1. The lowest BCUT2D eigenvalue weighted by molar-refractivity contribution is -0.117. The third-order valence-corrected chi connectivity index (χ3v) is 7.83. The van der Waals surface area contributed by atoms with Crippen LogP contribution in [0.15, 0.2) is 47.4 Å². The topological polar surface area (TPSA) is 79.0 Å². The smallest absolute Gasteiger partial charge is 0.243 e. The van der Waals surface area contributed by atoms with Crippen molar-refractivity contribution in [2.24, 2.45) is 0 Å². The molecule has 174 valence electrons. The van der Waals surface area contributed by atoms with Crippen molar-refractivity contribution < 1.29 is 17.9 Å². The first-order valence-corrected chi connectivity index (χ1v) is 12.5. The first-order chi connectivity index (χ1) is 15.3.